The van der Waals surface area contributed by atoms with Crippen LogP contribution in [0.15, 0.2) is 47.4 Å². The summed E-state index contributed by atoms with van der Waals surface area (Å²) in [5, 5.41) is 0. The number of carbonyl (C=O) groups excluding carboxylic acids is 1. The van der Waals surface area contributed by atoms with Crippen LogP contribution >= 0.6 is 0 Å². The number of hydrogen-bond donors (Lipinski definition) is 1. The van der Waals surface area contributed by atoms with Gasteiger partial charge in [-0.15, -0.1) is 0 Å². The molecule has 168 valence electrons. The smallest absolute Gasteiger partial charge is 0.246 e. The van der Waals surface area contributed by atoms with Gasteiger partial charge in [-0.2, -0.15) is 0 Å². The zero-order chi connectivity index (χ0) is 22.0. The van der Waals surface area contributed by atoms with Gasteiger partial charge in [-0.3, -0.25) is 4.79 Å². The summed E-state index contributed by atoms with van der Waals surface area (Å²) in [5.74, 6) is 1.81. The van der Waals surface area contributed by atoms with Crippen molar-refractivity contribution in [2.45, 2.75) is 69.4 Å². The molecule has 1 aromatic carbocycles. The average Bonchev–Trinajstić information content (AvgIpc) is 3.07. The van der Waals surface area contributed by atoms with Gasteiger partial charge in [0.25, 0.3) is 0 Å². The van der Waals surface area contributed by atoms with Crippen molar-refractivity contribution in [2.24, 2.45) is 28.6 Å². The van der Waals surface area contributed by atoms with E-state index in [1.54, 1.807) is 30.3 Å². The number of benzene rings is 1. The molecule has 0 spiro atoms. The van der Waals surface area contributed by atoms with Crippen LogP contribution in [0.2, 0.25) is 0 Å². The maximum Gasteiger partial charge on any atom is 0.246 e. The van der Waals surface area contributed by atoms with Crippen molar-refractivity contribution in [1.82, 2.24) is 9.62 Å². The molecule has 3 saturated carbocycles. The number of amides is 1. The number of hydrogen-bond acceptors (Lipinski definition) is 3. The zero-order valence-electron chi connectivity index (χ0n) is 18.8. The highest BCUT2D eigenvalue weighted by Crippen LogP contribution is 2.64. The molecule has 7 atom stereocenters. The lowest BCUT2D eigenvalue weighted by atomic mass is 9.48. The fourth-order valence-corrected chi connectivity index (χ4v) is 9.20. The van der Waals surface area contributed by atoms with E-state index in [-0.39, 0.29) is 28.8 Å². The maximum absolute atomic E-state index is 13.0. The Morgan fingerprint density at radius 3 is 2.48 bits per heavy atom. The van der Waals surface area contributed by atoms with E-state index in [0.717, 1.165) is 38.5 Å². The Morgan fingerprint density at radius 2 is 1.74 bits per heavy atom. The lowest BCUT2D eigenvalue weighted by Crippen LogP contribution is -2.60. The summed E-state index contributed by atoms with van der Waals surface area (Å²) in [5.41, 5.74) is 0.0147. The van der Waals surface area contributed by atoms with Crippen LogP contribution in [-0.2, 0) is 14.8 Å². The minimum Gasteiger partial charge on any atom is -0.338 e. The molecular formula is C25H34N2O3S. The number of rotatable bonds is 3. The van der Waals surface area contributed by atoms with Crippen LogP contribution in [0.1, 0.15) is 52.4 Å². The second-order valence-electron chi connectivity index (χ2n) is 10.7. The molecule has 1 amide bonds. The molecule has 1 heterocycles. The molecule has 5 rings (SSSR count). The molecule has 1 aliphatic heterocycles. The number of likely N-dealkylation sites (N-methyl/N-ethyl adjacent to an activating group) is 1. The summed E-state index contributed by atoms with van der Waals surface area (Å²) in [7, 11) is -1.56. The summed E-state index contributed by atoms with van der Waals surface area (Å²) in [6, 6.07) is 9.00. The van der Waals surface area contributed by atoms with Gasteiger partial charge in [0.05, 0.1) is 4.90 Å². The topological polar surface area (TPSA) is 66.5 Å². The first-order valence-electron chi connectivity index (χ1n) is 11.7. The molecule has 0 radical (unpaired) electrons. The summed E-state index contributed by atoms with van der Waals surface area (Å²) in [6.45, 7) is 4.67. The van der Waals surface area contributed by atoms with Gasteiger partial charge >= 0.3 is 0 Å². The van der Waals surface area contributed by atoms with Gasteiger partial charge in [0, 0.05) is 24.5 Å². The lowest BCUT2D eigenvalue weighted by Gasteiger charge is -2.60. The summed E-state index contributed by atoms with van der Waals surface area (Å²) in [6.07, 6.45) is 10.3. The molecule has 5 nitrogen and oxygen atoms in total. The van der Waals surface area contributed by atoms with Crippen molar-refractivity contribution in [3.8, 4) is 0 Å². The lowest BCUT2D eigenvalue weighted by molar-refractivity contribution is -0.138. The van der Waals surface area contributed by atoms with Gasteiger partial charge in [-0.05, 0) is 79.9 Å². The standard InChI is InChI=1S/C25H34N2O3S/c1-24-15-13-20-18(9-12-22-25(20,2)16-14-23(28)27(22)3)19(24)10-11-21(24)26-31(29,30)17-7-5-4-6-8-17/h4-8,14,16,18-22,26H,9-13,15H2,1-3H3/t18-,19?,20?,21-,22?,24-,25+/m0/s1. The van der Waals surface area contributed by atoms with E-state index in [1.807, 2.05) is 18.0 Å². The first-order valence-corrected chi connectivity index (χ1v) is 13.2. The largest absolute Gasteiger partial charge is 0.338 e. The Hall–Kier alpha value is -1.66. The third-order valence-corrected chi connectivity index (χ3v) is 11.0. The van der Waals surface area contributed by atoms with Crippen molar-refractivity contribution >= 4 is 15.9 Å². The van der Waals surface area contributed by atoms with Crippen LogP contribution in [0.25, 0.3) is 0 Å². The molecule has 6 heteroatoms. The highest BCUT2D eigenvalue weighted by atomic mass is 32.2. The van der Waals surface area contributed by atoms with Crippen LogP contribution < -0.4 is 4.72 Å². The quantitative estimate of drug-likeness (QED) is 0.770. The Labute approximate surface area is 186 Å². The van der Waals surface area contributed by atoms with E-state index in [2.05, 4.69) is 24.6 Å². The van der Waals surface area contributed by atoms with Gasteiger partial charge in [-0.25, -0.2) is 13.1 Å². The van der Waals surface area contributed by atoms with Gasteiger partial charge in [0.1, 0.15) is 0 Å². The normalized spacial score (nSPS) is 42.1. The number of sulfonamides is 1. The second kappa shape index (κ2) is 7.17. The molecule has 3 aliphatic carbocycles. The van der Waals surface area contributed by atoms with Crippen molar-refractivity contribution < 1.29 is 13.2 Å². The summed E-state index contributed by atoms with van der Waals surface area (Å²) in [4.78, 5) is 14.6. The Kier molecular flexibility index (Phi) is 4.91. The molecule has 1 aromatic rings. The predicted octanol–water partition coefficient (Wildman–Crippen LogP) is 3.97. The van der Waals surface area contributed by atoms with Crippen LogP contribution in [0.4, 0.5) is 0 Å². The Morgan fingerprint density at radius 1 is 1.00 bits per heavy atom. The van der Waals surface area contributed by atoms with Gasteiger partial charge in [-0.1, -0.05) is 38.1 Å². The number of nitrogens with zero attached hydrogens (tertiary/aromatic N) is 1. The molecule has 3 fully saturated rings. The van der Waals surface area contributed by atoms with Gasteiger partial charge < -0.3 is 4.90 Å². The number of fused-ring (bicyclic) bond motifs is 5. The molecule has 0 bridgehead atoms. The van der Waals surface area contributed by atoms with Gasteiger partial charge in [0.2, 0.25) is 15.9 Å². The number of carbonyl (C=O) groups is 1. The van der Waals surface area contributed by atoms with E-state index in [4.69, 9.17) is 0 Å². The maximum atomic E-state index is 13.0. The summed E-state index contributed by atoms with van der Waals surface area (Å²) < 4.78 is 29.2. The van der Waals surface area contributed by atoms with Crippen molar-refractivity contribution in [3.05, 3.63) is 42.5 Å². The number of nitrogens with one attached hydrogen (secondary N) is 1. The minimum absolute atomic E-state index is 0.00762. The molecule has 1 N–H and O–H groups in total. The first kappa shape index (κ1) is 21.2. The van der Waals surface area contributed by atoms with Crippen LogP contribution in [0, 0.1) is 28.6 Å². The van der Waals surface area contributed by atoms with E-state index in [1.165, 1.54) is 0 Å². The monoisotopic (exact) mass is 442 g/mol. The van der Waals surface area contributed by atoms with Crippen LogP contribution in [-0.4, -0.2) is 38.4 Å². The average molecular weight is 443 g/mol. The van der Waals surface area contributed by atoms with Crippen molar-refractivity contribution in [2.75, 3.05) is 7.05 Å². The second-order valence-corrected chi connectivity index (χ2v) is 12.4. The first-order chi connectivity index (χ1) is 14.7. The van der Waals surface area contributed by atoms with Crippen LogP contribution in [0.3, 0.4) is 0 Å². The molecule has 4 aliphatic rings. The van der Waals surface area contributed by atoms with Crippen molar-refractivity contribution in [1.29, 1.82) is 0 Å². The SMILES string of the molecule is CN1C(=O)C=C[C@]2(C)C3CC[C@@]4(C)C(CC[C@@H]4NS(=O)(=O)c4ccccc4)[C@@H]3CCC12. The molecular weight excluding hydrogens is 408 g/mol. The van der Waals surface area contributed by atoms with E-state index in [0.29, 0.717) is 22.6 Å². The Bertz CT molecular complexity index is 1010. The zero-order valence-corrected chi connectivity index (χ0v) is 19.6. The Balaban J connectivity index is 1.40. The fraction of sp³-hybridized carbons (Fsp3) is 0.640. The molecule has 3 unspecified atom stereocenters. The van der Waals surface area contributed by atoms with Gasteiger partial charge in [0.15, 0.2) is 0 Å². The van der Waals surface area contributed by atoms with E-state index >= 15 is 0 Å². The predicted molar refractivity (Wildman–Crippen MR) is 121 cm³/mol. The highest BCUT2D eigenvalue weighted by Gasteiger charge is 2.60. The molecule has 0 saturated heterocycles. The summed E-state index contributed by atoms with van der Waals surface area (Å²) >= 11 is 0. The third-order valence-electron chi connectivity index (χ3n) is 9.48. The molecule has 0 aromatic heterocycles. The highest BCUT2D eigenvalue weighted by molar-refractivity contribution is 7.89. The van der Waals surface area contributed by atoms with E-state index in [9.17, 15) is 13.2 Å². The van der Waals surface area contributed by atoms with Crippen LogP contribution in [0.5, 0.6) is 0 Å². The third kappa shape index (κ3) is 3.12. The van der Waals surface area contributed by atoms with Crippen molar-refractivity contribution in [3.63, 3.8) is 0 Å². The van der Waals surface area contributed by atoms with E-state index < -0.39 is 10.0 Å². The minimum atomic E-state index is -3.51. The fourth-order valence-electron chi connectivity index (χ4n) is 7.79. The molecule has 31 heavy (non-hydrogen) atoms.